The third kappa shape index (κ3) is 14.1. The second-order valence-electron chi connectivity index (χ2n) is 16.6. The highest BCUT2D eigenvalue weighted by Crippen LogP contribution is 2.26. The number of aliphatic hydroxyl groups is 1. The number of fused-ring (bicyclic) bond motifs is 2. The molecule has 2 fully saturated rings. The van der Waals surface area contributed by atoms with Gasteiger partial charge in [0.15, 0.2) is 0 Å². The molecule has 66 heavy (non-hydrogen) atoms. The highest BCUT2D eigenvalue weighted by molar-refractivity contribution is 7.98. The molecule has 2 heterocycles. The molecule has 9 atom stereocenters. The van der Waals surface area contributed by atoms with E-state index in [1.54, 1.807) is 74.7 Å². The maximum atomic E-state index is 15.0. The minimum Gasteiger partial charge on any atom is -0.497 e. The Bertz CT molecular complexity index is 2060. The molecule has 0 saturated carbocycles. The summed E-state index contributed by atoms with van der Waals surface area (Å²) in [7, 11) is 2.86. The first-order valence-corrected chi connectivity index (χ1v) is 23.0. The molecule has 2 aromatic rings. The van der Waals surface area contributed by atoms with Crippen molar-refractivity contribution in [1.82, 2.24) is 36.4 Å². The van der Waals surface area contributed by atoms with Crippen molar-refractivity contribution in [1.29, 1.82) is 0 Å². The third-order valence-corrected chi connectivity index (χ3v) is 12.0. The summed E-state index contributed by atoms with van der Waals surface area (Å²) in [6.07, 6.45) is -2.47. The molecule has 0 aromatic heterocycles. The van der Waals surface area contributed by atoms with E-state index in [9.17, 15) is 48.6 Å². The Morgan fingerprint density at radius 3 is 2.11 bits per heavy atom. The molecule has 7 amide bonds. The van der Waals surface area contributed by atoms with Gasteiger partial charge in [0.25, 0.3) is 0 Å². The summed E-state index contributed by atoms with van der Waals surface area (Å²) in [4.78, 5) is 126. The predicted octanol–water partition coefficient (Wildman–Crippen LogP) is -0.110. The fourth-order valence-electron chi connectivity index (χ4n) is 7.71. The molecule has 2 aliphatic heterocycles. The fraction of sp³-hybridized carbons (Fsp3) is 0.533. The lowest BCUT2D eigenvalue weighted by Crippen LogP contribution is -2.65. The van der Waals surface area contributed by atoms with Crippen molar-refractivity contribution < 1.29 is 62.8 Å². The molecule has 2 bridgehead atoms. The lowest BCUT2D eigenvalue weighted by atomic mass is 9.95. The number of carboxylic acids is 1. The zero-order valence-corrected chi connectivity index (χ0v) is 38.9. The number of likely N-dealkylation sites (N-methyl/N-ethyl adjacent to an activating group) is 1. The number of aliphatic carboxylic acids is 1. The molecule has 20 nitrogen and oxygen atoms in total. The lowest BCUT2D eigenvalue weighted by Gasteiger charge is -2.43. The summed E-state index contributed by atoms with van der Waals surface area (Å²) in [5.74, 6) is -8.41. The van der Waals surface area contributed by atoms with Gasteiger partial charge >= 0.3 is 11.9 Å². The number of hydrogen-bond acceptors (Lipinski definition) is 13. The van der Waals surface area contributed by atoms with E-state index in [0.29, 0.717) is 22.6 Å². The number of piperidine rings is 1. The first-order valence-electron chi connectivity index (χ1n) is 21.6. The Balaban J connectivity index is 1.88. The largest absolute Gasteiger partial charge is 0.497 e. The normalized spacial score (nSPS) is 25.2. The van der Waals surface area contributed by atoms with E-state index in [2.05, 4.69) is 26.6 Å². The number of carbonyl (C=O) groups is 9. The topological polar surface area (TPSA) is 279 Å². The Hall–Kier alpha value is -6.22. The van der Waals surface area contributed by atoms with Gasteiger partial charge in [0.1, 0.15) is 60.4 Å². The summed E-state index contributed by atoms with van der Waals surface area (Å²) < 4.78 is 11.1. The standard InChI is InChI=1S/C45H61N7O13S/c1-24(2)37-45(63)65-25(3)38(50-40(58)32(23-36(55)56)46-26(4)53)42(60)47-30(19-20-66-7)39(57)48-31-17-18-35(54)52(43(31)61)34(22-27-11-9-8-10-12-27)44(62)51(5)33(41(59)49-37)21-28-13-15-29(64-6)16-14-28/h8-16,24-25,30-35,37-38,54H,17-23H2,1-7H3,(H,46,53)(H,47,60)(H,48,57)(H,49,59)(H,50,58)(H,55,56). The molecule has 2 saturated heterocycles. The molecule has 2 aliphatic rings. The summed E-state index contributed by atoms with van der Waals surface area (Å²) in [5.41, 5.74) is 1.21. The van der Waals surface area contributed by atoms with Crippen LogP contribution in [0.4, 0.5) is 0 Å². The van der Waals surface area contributed by atoms with Gasteiger partial charge in [-0.3, -0.25) is 38.4 Å². The number of nitrogens with one attached hydrogen (secondary N) is 5. The molecule has 0 aliphatic carbocycles. The zero-order valence-electron chi connectivity index (χ0n) is 38.1. The molecular formula is C45H61N7O13S. The number of carboxylic acid groups (broad SMARTS) is 1. The number of nitrogens with zero attached hydrogens (tertiary/aromatic N) is 2. The summed E-state index contributed by atoms with van der Waals surface area (Å²) in [5, 5.41) is 33.6. The van der Waals surface area contributed by atoms with Gasteiger partial charge in [-0.1, -0.05) is 56.3 Å². The molecule has 4 rings (SSSR count). The van der Waals surface area contributed by atoms with Crippen LogP contribution >= 0.6 is 11.8 Å². The highest BCUT2D eigenvalue weighted by atomic mass is 32.2. The number of thioether (sulfide) groups is 1. The third-order valence-electron chi connectivity index (χ3n) is 11.4. The van der Waals surface area contributed by atoms with Crippen LogP contribution in [0.5, 0.6) is 5.75 Å². The van der Waals surface area contributed by atoms with Gasteiger partial charge in [0.2, 0.25) is 41.4 Å². The molecule has 360 valence electrons. The van der Waals surface area contributed by atoms with E-state index in [1.807, 2.05) is 0 Å². The number of esters is 1. The summed E-state index contributed by atoms with van der Waals surface area (Å²) in [6, 6.07) is 5.16. The number of benzene rings is 2. The number of amides is 7. The maximum Gasteiger partial charge on any atom is 0.329 e. The van der Waals surface area contributed by atoms with Crippen LogP contribution in [-0.2, 0) is 60.7 Å². The highest BCUT2D eigenvalue weighted by Gasteiger charge is 2.46. The first-order chi connectivity index (χ1) is 31.2. The van der Waals surface area contributed by atoms with E-state index < -0.39 is 120 Å². The van der Waals surface area contributed by atoms with Crippen molar-refractivity contribution >= 4 is 65.1 Å². The Kier molecular flexibility index (Phi) is 19.3. The zero-order chi connectivity index (χ0) is 48.8. The van der Waals surface area contributed by atoms with Gasteiger partial charge in [-0.05, 0) is 67.4 Å². The molecule has 2 aromatic carbocycles. The quantitative estimate of drug-likeness (QED) is 0.122. The Morgan fingerprint density at radius 2 is 1.52 bits per heavy atom. The van der Waals surface area contributed by atoms with Gasteiger partial charge in [-0.25, -0.2) is 4.79 Å². The monoisotopic (exact) mass is 939 g/mol. The van der Waals surface area contributed by atoms with Crippen LogP contribution in [-0.4, -0.2) is 154 Å². The number of cyclic esters (lactones) is 1. The second kappa shape index (κ2) is 24.3. The van der Waals surface area contributed by atoms with Crippen molar-refractivity contribution in [2.45, 2.75) is 121 Å². The number of ether oxygens (including phenoxy) is 2. The van der Waals surface area contributed by atoms with Gasteiger partial charge in [0, 0.05) is 26.8 Å². The van der Waals surface area contributed by atoms with E-state index in [0.717, 1.165) is 16.7 Å². The van der Waals surface area contributed by atoms with Gasteiger partial charge in [0.05, 0.1) is 13.5 Å². The smallest absolute Gasteiger partial charge is 0.329 e. The molecule has 7 N–H and O–H groups in total. The molecule has 0 radical (unpaired) electrons. The predicted molar refractivity (Wildman–Crippen MR) is 240 cm³/mol. The van der Waals surface area contributed by atoms with Crippen LogP contribution in [0.2, 0.25) is 0 Å². The van der Waals surface area contributed by atoms with Gasteiger partial charge < -0.3 is 56.1 Å². The van der Waals surface area contributed by atoms with Crippen molar-refractivity contribution in [2.24, 2.45) is 5.92 Å². The number of aliphatic hydroxyl groups excluding tert-OH is 1. The Labute approximate surface area is 387 Å². The van der Waals surface area contributed by atoms with E-state index in [-0.39, 0.29) is 32.1 Å². The minimum atomic E-state index is -1.81. The van der Waals surface area contributed by atoms with Crippen LogP contribution in [0.15, 0.2) is 54.6 Å². The van der Waals surface area contributed by atoms with Crippen molar-refractivity contribution in [2.75, 3.05) is 26.2 Å². The van der Waals surface area contributed by atoms with Crippen molar-refractivity contribution in [3.8, 4) is 5.75 Å². The van der Waals surface area contributed by atoms with Crippen molar-refractivity contribution in [3.63, 3.8) is 0 Å². The van der Waals surface area contributed by atoms with Crippen LogP contribution in [0.1, 0.15) is 64.5 Å². The van der Waals surface area contributed by atoms with Crippen LogP contribution in [0.3, 0.4) is 0 Å². The average Bonchev–Trinajstić information content (AvgIpc) is 3.27. The molecule has 0 spiro atoms. The second-order valence-corrected chi connectivity index (χ2v) is 17.6. The minimum absolute atomic E-state index is 0.00527. The summed E-state index contributed by atoms with van der Waals surface area (Å²) in [6.45, 7) is 5.54. The van der Waals surface area contributed by atoms with E-state index in [1.165, 1.54) is 32.8 Å². The number of rotatable bonds is 14. The van der Waals surface area contributed by atoms with E-state index in [4.69, 9.17) is 9.47 Å². The van der Waals surface area contributed by atoms with Crippen LogP contribution in [0, 0.1) is 5.92 Å². The van der Waals surface area contributed by atoms with E-state index >= 15 is 4.79 Å². The molecule has 21 heteroatoms. The number of carbonyl (C=O) groups excluding carboxylic acids is 8. The number of hydrogen-bond donors (Lipinski definition) is 7. The molecule has 9 unspecified atom stereocenters. The van der Waals surface area contributed by atoms with Gasteiger partial charge in [-0.15, -0.1) is 0 Å². The maximum absolute atomic E-state index is 15.0. The Morgan fingerprint density at radius 1 is 0.879 bits per heavy atom. The molecular weight excluding hydrogens is 879 g/mol. The van der Waals surface area contributed by atoms with Crippen LogP contribution in [0.25, 0.3) is 0 Å². The fourth-order valence-corrected chi connectivity index (χ4v) is 8.18. The average molecular weight is 940 g/mol. The van der Waals surface area contributed by atoms with Crippen molar-refractivity contribution in [3.05, 3.63) is 65.7 Å². The van der Waals surface area contributed by atoms with Crippen LogP contribution < -0.4 is 31.3 Å². The lowest BCUT2D eigenvalue weighted by molar-refractivity contribution is -0.165. The van der Waals surface area contributed by atoms with Gasteiger partial charge in [-0.2, -0.15) is 11.8 Å². The SMILES string of the molecule is COc1ccc(CC2C(=O)NC(C(C)C)C(=O)OC(C)C(NC(=O)C(CC(=O)O)NC(C)=O)C(=O)NC(CCSC)C(=O)NC3CCC(O)N(C3=O)C(Cc3ccccc3)C(=O)N2C)cc1. The summed E-state index contributed by atoms with van der Waals surface area (Å²) >= 11 is 1.34. The first kappa shape index (κ1) is 52.4. The number of methoxy groups -OCH3 is 1.